The lowest BCUT2D eigenvalue weighted by Gasteiger charge is -2.15. The Labute approximate surface area is 142 Å². The SMILES string of the molecule is CC(O)(O)CCC(=O)NCCCOCCNC(=O)CCC(C)(O)O. The van der Waals surface area contributed by atoms with Gasteiger partial charge in [-0.3, -0.25) is 9.59 Å². The Morgan fingerprint density at radius 1 is 0.833 bits per heavy atom. The fourth-order valence-electron chi connectivity index (χ4n) is 1.64. The lowest BCUT2D eigenvalue weighted by Crippen LogP contribution is -2.31. The lowest BCUT2D eigenvalue weighted by atomic mass is 10.1. The van der Waals surface area contributed by atoms with Crippen LogP contribution in [0.15, 0.2) is 0 Å². The van der Waals surface area contributed by atoms with Crippen LogP contribution in [0, 0.1) is 0 Å². The topological polar surface area (TPSA) is 148 Å². The Hall–Kier alpha value is -1.26. The minimum atomic E-state index is -1.84. The van der Waals surface area contributed by atoms with E-state index in [1.54, 1.807) is 0 Å². The number of rotatable bonds is 13. The molecule has 0 aromatic heterocycles. The van der Waals surface area contributed by atoms with Crippen molar-refractivity contribution in [1.82, 2.24) is 10.6 Å². The van der Waals surface area contributed by atoms with Crippen molar-refractivity contribution in [2.45, 2.75) is 57.5 Å². The third kappa shape index (κ3) is 17.1. The van der Waals surface area contributed by atoms with E-state index in [1.165, 1.54) is 13.8 Å². The Morgan fingerprint density at radius 2 is 1.29 bits per heavy atom. The van der Waals surface area contributed by atoms with Gasteiger partial charge in [0.1, 0.15) is 0 Å². The number of ether oxygens (including phenoxy) is 1. The van der Waals surface area contributed by atoms with Crippen molar-refractivity contribution < 1.29 is 34.8 Å². The van der Waals surface area contributed by atoms with Crippen molar-refractivity contribution in [2.24, 2.45) is 0 Å². The summed E-state index contributed by atoms with van der Waals surface area (Å²) in [6.07, 6.45) is 0.599. The van der Waals surface area contributed by atoms with Crippen LogP contribution in [-0.4, -0.2) is 70.1 Å². The minimum Gasteiger partial charge on any atom is -0.380 e. The fourth-order valence-corrected chi connectivity index (χ4v) is 1.64. The summed E-state index contributed by atoms with van der Waals surface area (Å²) in [6, 6.07) is 0. The van der Waals surface area contributed by atoms with Crippen molar-refractivity contribution in [2.75, 3.05) is 26.3 Å². The van der Waals surface area contributed by atoms with E-state index in [9.17, 15) is 9.59 Å². The Kier molecular flexibility index (Phi) is 10.7. The summed E-state index contributed by atoms with van der Waals surface area (Å²) in [5.74, 6) is -4.21. The normalized spacial score (nSPS) is 12.1. The molecule has 0 aliphatic rings. The van der Waals surface area contributed by atoms with Gasteiger partial charge in [0, 0.05) is 45.4 Å². The molecule has 9 nitrogen and oxygen atoms in total. The molecule has 0 saturated heterocycles. The molecule has 0 aliphatic carbocycles. The van der Waals surface area contributed by atoms with E-state index in [0.717, 1.165) is 0 Å². The molecule has 9 heteroatoms. The van der Waals surface area contributed by atoms with E-state index in [1.807, 2.05) is 0 Å². The number of carbonyl (C=O) groups is 2. The van der Waals surface area contributed by atoms with Crippen molar-refractivity contribution in [1.29, 1.82) is 0 Å². The molecule has 0 aromatic rings. The number of aliphatic hydroxyl groups is 4. The first kappa shape index (κ1) is 22.7. The summed E-state index contributed by atoms with van der Waals surface area (Å²) >= 11 is 0. The molecule has 0 radical (unpaired) electrons. The summed E-state index contributed by atoms with van der Waals surface area (Å²) in [7, 11) is 0. The third-order valence-corrected chi connectivity index (χ3v) is 3.01. The molecule has 0 atom stereocenters. The second kappa shape index (κ2) is 11.3. The highest BCUT2D eigenvalue weighted by molar-refractivity contribution is 5.76. The zero-order chi connectivity index (χ0) is 18.6. The van der Waals surface area contributed by atoms with Gasteiger partial charge in [-0.25, -0.2) is 0 Å². The van der Waals surface area contributed by atoms with Gasteiger partial charge in [0.15, 0.2) is 11.6 Å². The fraction of sp³-hybridized carbons (Fsp3) is 0.867. The molecule has 142 valence electrons. The second-order valence-electron chi connectivity index (χ2n) is 6.10. The first-order valence-electron chi connectivity index (χ1n) is 8.00. The van der Waals surface area contributed by atoms with Gasteiger partial charge in [0.05, 0.1) is 6.61 Å². The van der Waals surface area contributed by atoms with Crippen LogP contribution in [0.3, 0.4) is 0 Å². The van der Waals surface area contributed by atoms with E-state index >= 15 is 0 Å². The average Bonchev–Trinajstić information content (AvgIpc) is 2.44. The van der Waals surface area contributed by atoms with Crippen LogP contribution >= 0.6 is 0 Å². The highest BCUT2D eigenvalue weighted by Crippen LogP contribution is 2.07. The molecule has 0 fully saturated rings. The van der Waals surface area contributed by atoms with Gasteiger partial charge < -0.3 is 35.8 Å². The molecule has 0 heterocycles. The Balaban J connectivity index is 3.42. The lowest BCUT2D eigenvalue weighted by molar-refractivity contribution is -0.154. The molecule has 0 saturated carbocycles. The summed E-state index contributed by atoms with van der Waals surface area (Å²) in [5.41, 5.74) is 0. The molecule has 0 rings (SSSR count). The predicted molar refractivity (Wildman–Crippen MR) is 85.6 cm³/mol. The highest BCUT2D eigenvalue weighted by Gasteiger charge is 2.17. The minimum absolute atomic E-state index is 0.0241. The van der Waals surface area contributed by atoms with Gasteiger partial charge >= 0.3 is 0 Å². The smallest absolute Gasteiger partial charge is 0.220 e. The predicted octanol–water partition coefficient (Wildman–Crippen LogP) is -1.41. The monoisotopic (exact) mass is 350 g/mol. The quantitative estimate of drug-likeness (QED) is 0.176. The van der Waals surface area contributed by atoms with Crippen molar-refractivity contribution in [3.05, 3.63) is 0 Å². The zero-order valence-electron chi connectivity index (χ0n) is 14.4. The molecule has 0 aromatic carbocycles. The van der Waals surface area contributed by atoms with E-state index in [-0.39, 0.29) is 37.5 Å². The van der Waals surface area contributed by atoms with Gasteiger partial charge in [0.25, 0.3) is 0 Å². The molecule has 0 unspecified atom stereocenters. The Bertz CT molecular complexity index is 339. The highest BCUT2D eigenvalue weighted by atomic mass is 16.5. The van der Waals surface area contributed by atoms with E-state index < -0.39 is 11.6 Å². The number of hydrogen-bond donors (Lipinski definition) is 6. The van der Waals surface area contributed by atoms with Crippen molar-refractivity contribution in [3.63, 3.8) is 0 Å². The maximum absolute atomic E-state index is 11.4. The molecule has 0 spiro atoms. The molecule has 0 bridgehead atoms. The van der Waals surface area contributed by atoms with Crippen LogP contribution in [-0.2, 0) is 14.3 Å². The van der Waals surface area contributed by atoms with E-state index in [4.69, 9.17) is 25.2 Å². The van der Waals surface area contributed by atoms with Gasteiger partial charge in [-0.2, -0.15) is 0 Å². The molecular weight excluding hydrogens is 320 g/mol. The molecule has 0 aliphatic heterocycles. The molecule has 24 heavy (non-hydrogen) atoms. The van der Waals surface area contributed by atoms with Gasteiger partial charge in [-0.15, -0.1) is 0 Å². The van der Waals surface area contributed by atoms with E-state index in [0.29, 0.717) is 32.7 Å². The van der Waals surface area contributed by atoms with Gasteiger partial charge in [-0.05, 0) is 20.3 Å². The summed E-state index contributed by atoms with van der Waals surface area (Å²) in [6.45, 7) is 3.92. The number of hydrogen-bond acceptors (Lipinski definition) is 7. The van der Waals surface area contributed by atoms with E-state index in [2.05, 4.69) is 10.6 Å². The average molecular weight is 350 g/mol. The van der Waals surface area contributed by atoms with Crippen LogP contribution in [0.5, 0.6) is 0 Å². The molecule has 2 amide bonds. The largest absolute Gasteiger partial charge is 0.380 e. The summed E-state index contributed by atoms with van der Waals surface area (Å²) in [4.78, 5) is 22.7. The summed E-state index contributed by atoms with van der Waals surface area (Å²) < 4.78 is 5.28. The number of nitrogens with one attached hydrogen (secondary N) is 2. The van der Waals surface area contributed by atoms with Gasteiger partial charge in [-0.1, -0.05) is 0 Å². The first-order valence-corrected chi connectivity index (χ1v) is 8.00. The number of amides is 2. The summed E-state index contributed by atoms with van der Waals surface area (Å²) in [5, 5.41) is 41.5. The van der Waals surface area contributed by atoms with Crippen LogP contribution < -0.4 is 10.6 Å². The second-order valence-corrected chi connectivity index (χ2v) is 6.10. The van der Waals surface area contributed by atoms with Crippen LogP contribution in [0.1, 0.15) is 46.0 Å². The maximum Gasteiger partial charge on any atom is 0.220 e. The number of carbonyl (C=O) groups excluding carboxylic acids is 2. The first-order chi connectivity index (χ1) is 11.0. The van der Waals surface area contributed by atoms with Crippen LogP contribution in [0.4, 0.5) is 0 Å². The van der Waals surface area contributed by atoms with Crippen molar-refractivity contribution in [3.8, 4) is 0 Å². The van der Waals surface area contributed by atoms with Crippen LogP contribution in [0.25, 0.3) is 0 Å². The molecular formula is C15H30N2O7. The third-order valence-electron chi connectivity index (χ3n) is 3.01. The molecule has 6 N–H and O–H groups in total. The van der Waals surface area contributed by atoms with Crippen molar-refractivity contribution >= 4 is 11.8 Å². The zero-order valence-corrected chi connectivity index (χ0v) is 14.4. The van der Waals surface area contributed by atoms with Crippen LogP contribution in [0.2, 0.25) is 0 Å². The van der Waals surface area contributed by atoms with Gasteiger partial charge in [0.2, 0.25) is 11.8 Å². The maximum atomic E-state index is 11.4. The standard InChI is InChI=1S/C15H30N2O7/c1-14(20,21)6-4-12(18)16-8-3-10-24-11-9-17-13(19)5-7-15(2,22)23/h20-23H,3-11H2,1-2H3,(H,16,18)(H,17,19). The Morgan fingerprint density at radius 3 is 1.75 bits per heavy atom.